The number of thiazole rings is 1. The number of anilines is 1. The Bertz CT molecular complexity index is 1900. The van der Waals surface area contributed by atoms with Gasteiger partial charge in [-0.3, -0.25) is 14.5 Å². The van der Waals surface area contributed by atoms with Crippen LogP contribution in [0.3, 0.4) is 0 Å². The highest BCUT2D eigenvalue weighted by molar-refractivity contribution is 7.22. The summed E-state index contributed by atoms with van der Waals surface area (Å²) in [5.41, 5.74) is 4.82. The molecule has 1 N–H and O–H groups in total. The third kappa shape index (κ3) is 3.87. The lowest BCUT2D eigenvalue weighted by molar-refractivity contribution is -0.132. The van der Waals surface area contributed by atoms with Crippen LogP contribution in [0.2, 0.25) is 0 Å². The van der Waals surface area contributed by atoms with Crippen molar-refractivity contribution in [2.45, 2.75) is 26.8 Å². The molecule has 0 bridgehead atoms. The molecule has 1 unspecified atom stereocenters. The first-order valence-corrected chi connectivity index (χ1v) is 13.3. The van der Waals surface area contributed by atoms with E-state index in [4.69, 9.17) is 4.74 Å². The maximum absolute atomic E-state index is 13.6. The van der Waals surface area contributed by atoms with Gasteiger partial charge in [0.15, 0.2) is 10.9 Å². The number of fused-ring (bicyclic) bond motifs is 2. The Kier molecular flexibility index (Phi) is 5.99. The highest BCUT2D eigenvalue weighted by atomic mass is 32.1. The smallest absolute Gasteiger partial charge is 0.337 e. The number of methoxy groups -OCH3 is 1. The summed E-state index contributed by atoms with van der Waals surface area (Å²) >= 11 is 1.29. The largest absolute Gasteiger partial charge is 0.505 e. The molecule has 5 aromatic rings. The third-order valence-corrected chi connectivity index (χ3v) is 8.16. The molecule has 1 saturated heterocycles. The Morgan fingerprint density at radius 3 is 2.48 bits per heavy atom. The molecule has 1 amide bonds. The topological polar surface area (TPSA) is 114 Å². The lowest BCUT2D eigenvalue weighted by Crippen LogP contribution is -2.29. The molecule has 0 radical (unpaired) electrons. The Balaban J connectivity index is 1.58. The number of aliphatic hydroxyl groups is 1. The number of ether oxygens (including phenoxy) is 1. The monoisotopic (exact) mass is 552 g/mol. The predicted octanol–water partition coefficient (Wildman–Crippen LogP) is 5.28. The Morgan fingerprint density at radius 2 is 1.77 bits per heavy atom. The van der Waals surface area contributed by atoms with Crippen LogP contribution in [0.5, 0.6) is 0 Å². The van der Waals surface area contributed by atoms with Crippen molar-refractivity contribution in [3.05, 3.63) is 100 Å². The van der Waals surface area contributed by atoms with Crippen molar-refractivity contribution in [1.29, 1.82) is 0 Å². The molecule has 40 heavy (non-hydrogen) atoms. The molecule has 3 aromatic heterocycles. The molecule has 0 saturated carbocycles. The summed E-state index contributed by atoms with van der Waals surface area (Å²) in [7, 11) is 1.29. The fourth-order valence-electron chi connectivity index (χ4n) is 5.06. The quantitative estimate of drug-likeness (QED) is 0.140. The first-order valence-electron chi connectivity index (χ1n) is 12.5. The molecule has 4 heterocycles. The number of aliphatic hydroxyl groups excluding tert-OH is 1. The number of esters is 1. The van der Waals surface area contributed by atoms with Gasteiger partial charge in [0.25, 0.3) is 5.78 Å². The third-order valence-electron chi connectivity index (χ3n) is 7.14. The summed E-state index contributed by atoms with van der Waals surface area (Å²) in [6, 6.07) is 14.9. The van der Waals surface area contributed by atoms with Gasteiger partial charge in [-0.2, -0.15) is 0 Å². The Morgan fingerprint density at radius 1 is 1.02 bits per heavy atom. The van der Waals surface area contributed by atoms with Crippen molar-refractivity contribution >= 4 is 55.8 Å². The van der Waals surface area contributed by atoms with E-state index in [2.05, 4.69) is 9.97 Å². The summed E-state index contributed by atoms with van der Waals surface area (Å²) in [5, 5.41) is 12.0. The van der Waals surface area contributed by atoms with Crippen molar-refractivity contribution < 1.29 is 24.2 Å². The van der Waals surface area contributed by atoms with Gasteiger partial charge in [-0.1, -0.05) is 35.6 Å². The number of carbonyl (C=O) groups excluding carboxylic acids is 3. The van der Waals surface area contributed by atoms with Gasteiger partial charge < -0.3 is 14.2 Å². The van der Waals surface area contributed by atoms with Crippen LogP contribution >= 0.6 is 11.3 Å². The average molecular weight is 553 g/mol. The number of nitrogens with zero attached hydrogens (tertiary/aromatic N) is 4. The van der Waals surface area contributed by atoms with E-state index in [0.29, 0.717) is 33.1 Å². The molecule has 1 fully saturated rings. The SMILES string of the molecule is COC(=O)c1ccc(C2C(=C(O)c3nc4c(C)cccn4c3C)C(=O)C(=O)N2c2nc3ccc(C)cc3s2)cc1. The molecule has 10 heteroatoms. The number of pyridine rings is 1. The van der Waals surface area contributed by atoms with E-state index in [9.17, 15) is 19.5 Å². The second-order valence-corrected chi connectivity index (χ2v) is 10.7. The first-order chi connectivity index (χ1) is 19.2. The number of rotatable bonds is 4. The van der Waals surface area contributed by atoms with Gasteiger partial charge >= 0.3 is 11.9 Å². The van der Waals surface area contributed by atoms with E-state index in [1.807, 2.05) is 54.8 Å². The number of aryl methyl sites for hydroxylation is 3. The highest BCUT2D eigenvalue weighted by Crippen LogP contribution is 2.44. The van der Waals surface area contributed by atoms with Crippen LogP contribution in [-0.4, -0.2) is 44.2 Å². The highest BCUT2D eigenvalue weighted by Gasteiger charge is 2.48. The lowest BCUT2D eigenvalue weighted by Gasteiger charge is -2.23. The van der Waals surface area contributed by atoms with Crippen LogP contribution in [0.4, 0.5) is 5.13 Å². The van der Waals surface area contributed by atoms with E-state index >= 15 is 0 Å². The minimum Gasteiger partial charge on any atom is -0.505 e. The van der Waals surface area contributed by atoms with Crippen LogP contribution in [0.15, 0.2) is 66.4 Å². The number of aromatic nitrogens is 3. The molecular weight excluding hydrogens is 528 g/mol. The van der Waals surface area contributed by atoms with Crippen LogP contribution < -0.4 is 4.90 Å². The molecule has 1 aliphatic heterocycles. The number of hydrogen-bond donors (Lipinski definition) is 1. The second kappa shape index (κ2) is 9.42. The molecule has 0 aliphatic carbocycles. The average Bonchev–Trinajstić information content (AvgIpc) is 3.60. The molecule has 200 valence electrons. The normalized spacial score (nSPS) is 16.8. The fraction of sp³-hybridized carbons (Fsp3) is 0.167. The van der Waals surface area contributed by atoms with Crippen LogP contribution in [0, 0.1) is 20.8 Å². The Hall–Kier alpha value is -4.83. The van der Waals surface area contributed by atoms with Gasteiger partial charge in [-0.25, -0.2) is 14.8 Å². The van der Waals surface area contributed by atoms with E-state index < -0.39 is 23.7 Å². The molecule has 6 rings (SSSR count). The van der Waals surface area contributed by atoms with Crippen LogP contribution in [-0.2, 0) is 14.3 Å². The maximum atomic E-state index is 13.6. The standard InChI is InChI=1S/C30H24N4O5S/c1-15-7-12-20-21(14-15)40-30(31-20)34-24(18-8-10-19(11-9-18)29(38)39-4)22(26(36)28(34)37)25(35)23-17(3)33-13-5-6-16(2)27(33)32-23/h5-14,24,35H,1-4H3. The zero-order valence-electron chi connectivity index (χ0n) is 22.1. The number of imidazole rings is 1. The lowest BCUT2D eigenvalue weighted by atomic mass is 9.95. The summed E-state index contributed by atoms with van der Waals surface area (Å²) < 4.78 is 7.51. The van der Waals surface area contributed by atoms with Gasteiger partial charge in [0.1, 0.15) is 11.3 Å². The molecule has 1 aliphatic rings. The zero-order valence-corrected chi connectivity index (χ0v) is 22.9. The summed E-state index contributed by atoms with van der Waals surface area (Å²) in [6.45, 7) is 5.66. The molecular formula is C30H24N4O5S. The molecule has 9 nitrogen and oxygen atoms in total. The van der Waals surface area contributed by atoms with Crippen LogP contribution in [0.1, 0.15) is 44.5 Å². The number of Topliss-reactive ketones (excluding diaryl/α,β-unsaturated/α-hetero) is 1. The van der Waals surface area contributed by atoms with Crippen molar-refractivity contribution in [3.63, 3.8) is 0 Å². The van der Waals surface area contributed by atoms with E-state index in [-0.39, 0.29) is 17.0 Å². The van der Waals surface area contributed by atoms with E-state index in [1.165, 1.54) is 23.3 Å². The first kappa shape index (κ1) is 25.4. The van der Waals surface area contributed by atoms with E-state index in [0.717, 1.165) is 15.8 Å². The fourth-order valence-corrected chi connectivity index (χ4v) is 6.15. The van der Waals surface area contributed by atoms with Crippen molar-refractivity contribution in [1.82, 2.24) is 14.4 Å². The van der Waals surface area contributed by atoms with Gasteiger partial charge in [-0.05, 0) is 67.8 Å². The number of hydrogen-bond acceptors (Lipinski definition) is 8. The van der Waals surface area contributed by atoms with Crippen LogP contribution in [0.25, 0.3) is 21.6 Å². The van der Waals surface area contributed by atoms with Crippen molar-refractivity contribution in [2.24, 2.45) is 0 Å². The van der Waals surface area contributed by atoms with Gasteiger partial charge in [0.05, 0.1) is 40.2 Å². The summed E-state index contributed by atoms with van der Waals surface area (Å²) in [6.07, 6.45) is 1.83. The van der Waals surface area contributed by atoms with Crippen molar-refractivity contribution in [2.75, 3.05) is 12.0 Å². The number of carbonyl (C=O) groups is 3. The van der Waals surface area contributed by atoms with Gasteiger partial charge in [0, 0.05) is 6.20 Å². The number of ketones is 1. The molecule has 0 spiro atoms. The Labute approximate surface area is 233 Å². The number of amides is 1. The van der Waals surface area contributed by atoms with Gasteiger partial charge in [-0.15, -0.1) is 0 Å². The minimum atomic E-state index is -1.00. The minimum absolute atomic E-state index is 0.101. The van der Waals surface area contributed by atoms with Gasteiger partial charge in [0.2, 0.25) is 0 Å². The number of benzene rings is 2. The van der Waals surface area contributed by atoms with Crippen molar-refractivity contribution in [3.8, 4) is 0 Å². The summed E-state index contributed by atoms with van der Waals surface area (Å²) in [5.74, 6) is -2.54. The molecule has 2 aromatic carbocycles. The molecule has 1 atom stereocenters. The summed E-state index contributed by atoms with van der Waals surface area (Å²) in [4.78, 5) is 49.9. The maximum Gasteiger partial charge on any atom is 0.337 e. The van der Waals surface area contributed by atoms with E-state index in [1.54, 1.807) is 31.2 Å². The zero-order chi connectivity index (χ0) is 28.3. The predicted molar refractivity (Wildman–Crippen MR) is 152 cm³/mol. The second-order valence-electron chi connectivity index (χ2n) is 9.68.